The zero-order valence-electron chi connectivity index (χ0n) is 26.8. The molecule has 232 valence electrons. The summed E-state index contributed by atoms with van der Waals surface area (Å²) in [6.45, 7) is 15.3. The number of fused-ring (bicyclic) bond motifs is 1. The van der Waals surface area contributed by atoms with Crippen LogP contribution in [0.2, 0.25) is 0 Å². The van der Waals surface area contributed by atoms with E-state index in [9.17, 15) is 0 Å². The Hall–Kier alpha value is -1.22. The van der Waals surface area contributed by atoms with E-state index in [-0.39, 0.29) is 0 Å². The second-order valence-electron chi connectivity index (χ2n) is 13.3. The van der Waals surface area contributed by atoms with Gasteiger partial charge in [-0.25, -0.2) is 12.9 Å². The molecule has 2 aromatic rings. The third kappa shape index (κ3) is 9.90. The van der Waals surface area contributed by atoms with Crippen molar-refractivity contribution in [2.24, 2.45) is 11.8 Å². The normalized spacial score (nSPS) is 23.2. The van der Waals surface area contributed by atoms with Crippen LogP contribution in [-0.2, 0) is 13.0 Å². The molecule has 5 rings (SSSR count). The van der Waals surface area contributed by atoms with Crippen LogP contribution in [0.25, 0.3) is 0 Å². The van der Waals surface area contributed by atoms with Crippen molar-refractivity contribution in [3.8, 4) is 0 Å². The molecule has 1 atom stereocenters. The largest absolute Gasteiger partial charge is 0.378 e. The monoisotopic (exact) mass is 609 g/mol. The highest BCUT2D eigenvalue weighted by Gasteiger charge is 2.24. The molecule has 3 aliphatic rings. The molecular weight excluding hydrogens is 555 g/mol. The molecule has 0 aromatic heterocycles. The maximum absolute atomic E-state index is 2.83. The quantitative estimate of drug-likeness (QED) is 0.297. The van der Waals surface area contributed by atoms with Crippen molar-refractivity contribution in [3.63, 3.8) is 0 Å². The smallest absolute Gasteiger partial charge is 0.0361 e. The maximum Gasteiger partial charge on any atom is 0.0361 e. The summed E-state index contributed by atoms with van der Waals surface area (Å²) in [5.41, 5.74) is 5.73. The van der Waals surface area contributed by atoms with Crippen molar-refractivity contribution in [2.45, 2.75) is 76.7 Å². The zero-order valence-corrected chi connectivity index (χ0v) is 28.4. The van der Waals surface area contributed by atoms with Crippen molar-refractivity contribution in [2.75, 3.05) is 71.4 Å². The van der Waals surface area contributed by atoms with E-state index in [0.717, 1.165) is 38.6 Å². The van der Waals surface area contributed by atoms with Gasteiger partial charge in [-0.1, -0.05) is 49.9 Å². The van der Waals surface area contributed by atoms with Crippen molar-refractivity contribution in [3.05, 3.63) is 59.2 Å². The lowest BCUT2D eigenvalue weighted by Gasteiger charge is -2.36. The molecule has 7 heteroatoms. The molecule has 1 saturated heterocycles. The van der Waals surface area contributed by atoms with Crippen molar-refractivity contribution < 1.29 is 0 Å². The van der Waals surface area contributed by atoms with Gasteiger partial charge in [0.05, 0.1) is 0 Å². The Balaban J connectivity index is 1.25. The summed E-state index contributed by atoms with van der Waals surface area (Å²) in [4.78, 5) is 6.37. The minimum absolute atomic E-state index is 0.614. The van der Waals surface area contributed by atoms with Gasteiger partial charge in [0.2, 0.25) is 0 Å². The summed E-state index contributed by atoms with van der Waals surface area (Å²) in [6.07, 6.45) is 10.9. The first-order valence-electron chi connectivity index (χ1n) is 16.6. The van der Waals surface area contributed by atoms with Crippen LogP contribution in [-0.4, -0.2) is 84.3 Å². The molecule has 5 nitrogen and oxygen atoms in total. The molecule has 0 amide bonds. The summed E-state index contributed by atoms with van der Waals surface area (Å²) in [5.74, 6) is 1.53. The minimum Gasteiger partial charge on any atom is -0.378 e. The van der Waals surface area contributed by atoms with Crippen LogP contribution >= 0.6 is 24.1 Å². The number of rotatable bonds is 7. The second-order valence-corrected chi connectivity index (χ2v) is 15.7. The van der Waals surface area contributed by atoms with Crippen LogP contribution in [0.3, 0.4) is 0 Å². The summed E-state index contributed by atoms with van der Waals surface area (Å²) in [5, 5.41) is 0. The number of hydrogen-bond donors (Lipinski definition) is 0. The first kappa shape index (κ1) is 32.2. The number of aryl methyl sites for hydroxylation is 1. The van der Waals surface area contributed by atoms with Crippen LogP contribution in [0.5, 0.6) is 0 Å². The Bertz CT molecular complexity index is 1090. The fourth-order valence-corrected chi connectivity index (χ4v) is 9.24. The minimum atomic E-state index is 0.614. The lowest BCUT2D eigenvalue weighted by Crippen LogP contribution is -2.39. The average molecular weight is 610 g/mol. The molecule has 1 aliphatic carbocycles. The molecule has 0 unspecified atom stereocenters. The number of nitrogens with zero attached hydrogens (tertiary/aromatic N) is 5. The van der Waals surface area contributed by atoms with Crippen molar-refractivity contribution in [1.82, 2.24) is 17.8 Å². The van der Waals surface area contributed by atoms with Gasteiger partial charge in [0.15, 0.2) is 0 Å². The summed E-state index contributed by atoms with van der Waals surface area (Å²) < 4.78 is 7.99. The van der Waals surface area contributed by atoms with E-state index in [2.05, 4.69) is 93.1 Å². The van der Waals surface area contributed by atoms with Crippen molar-refractivity contribution >= 4 is 29.8 Å². The summed E-state index contributed by atoms with van der Waals surface area (Å²) in [7, 11) is 4.24. The second kappa shape index (κ2) is 16.2. The summed E-state index contributed by atoms with van der Waals surface area (Å²) in [6, 6.07) is 16.2. The molecule has 2 aromatic carbocycles. The van der Waals surface area contributed by atoms with Gasteiger partial charge < -0.3 is 9.80 Å². The number of hydrogen-bond acceptors (Lipinski definition) is 7. The lowest BCUT2D eigenvalue weighted by atomic mass is 9.89. The van der Waals surface area contributed by atoms with E-state index in [1.165, 1.54) is 99.3 Å². The molecule has 2 aliphatic heterocycles. The van der Waals surface area contributed by atoms with E-state index in [0.29, 0.717) is 5.92 Å². The SMILES string of the molecule is Cc1ccc2c(c1)CCN(SN1CCCN(CC3CCCCC3)CCCN(Sc3ccc(N(C)C)cc3)C[C@H](C)C1)C2. The van der Waals surface area contributed by atoms with Gasteiger partial charge in [0.25, 0.3) is 0 Å². The zero-order chi connectivity index (χ0) is 29.3. The predicted molar refractivity (Wildman–Crippen MR) is 184 cm³/mol. The number of anilines is 1. The van der Waals surface area contributed by atoms with E-state index >= 15 is 0 Å². The Morgan fingerprint density at radius 2 is 1.48 bits per heavy atom. The first-order valence-corrected chi connectivity index (χ1v) is 18.1. The Morgan fingerprint density at radius 3 is 2.21 bits per heavy atom. The third-order valence-corrected chi connectivity index (χ3v) is 11.4. The molecule has 42 heavy (non-hydrogen) atoms. The number of benzene rings is 2. The molecule has 0 spiro atoms. The van der Waals surface area contributed by atoms with Gasteiger partial charge in [0, 0.05) is 82.6 Å². The van der Waals surface area contributed by atoms with Crippen LogP contribution < -0.4 is 4.90 Å². The third-order valence-electron chi connectivity index (χ3n) is 9.19. The highest BCUT2D eigenvalue weighted by molar-refractivity contribution is 7.97. The van der Waals surface area contributed by atoms with Gasteiger partial charge in [-0.15, -0.1) is 0 Å². The van der Waals surface area contributed by atoms with Crippen molar-refractivity contribution in [1.29, 1.82) is 0 Å². The highest BCUT2D eigenvalue weighted by Crippen LogP contribution is 2.31. The van der Waals surface area contributed by atoms with Crippen LogP contribution in [0, 0.1) is 18.8 Å². The van der Waals surface area contributed by atoms with Crippen LogP contribution in [0.1, 0.15) is 68.6 Å². The van der Waals surface area contributed by atoms with E-state index < -0.39 is 0 Å². The Morgan fingerprint density at radius 1 is 0.762 bits per heavy atom. The molecule has 2 fully saturated rings. The van der Waals surface area contributed by atoms with E-state index in [1.807, 2.05) is 24.1 Å². The van der Waals surface area contributed by atoms with E-state index in [1.54, 1.807) is 5.56 Å². The first-order chi connectivity index (χ1) is 20.4. The average Bonchev–Trinajstić information content (AvgIpc) is 2.97. The molecule has 0 radical (unpaired) electrons. The fraction of sp³-hybridized carbons (Fsp3) is 0.657. The van der Waals surface area contributed by atoms with Crippen LogP contribution in [0.15, 0.2) is 47.4 Å². The molecule has 1 saturated carbocycles. The standard InChI is InChI=1S/C35H55N5S2/c1-29-12-13-33-28-40(23-18-32(33)24-29)42-39-22-9-20-37(27-31-10-6-5-7-11-31)19-8-21-38(25-30(2)26-39)41-35-16-14-34(15-17-35)36(3)4/h12-17,24,30-31H,5-11,18-23,25-28H2,1-4H3/t30-/m0/s1. The highest BCUT2D eigenvalue weighted by atomic mass is 32.2. The van der Waals surface area contributed by atoms with Crippen LogP contribution in [0.4, 0.5) is 5.69 Å². The Labute approximate surface area is 265 Å². The summed E-state index contributed by atoms with van der Waals surface area (Å²) >= 11 is 4.00. The Kier molecular flexibility index (Phi) is 12.4. The molecule has 2 heterocycles. The van der Waals surface area contributed by atoms with Gasteiger partial charge >= 0.3 is 0 Å². The van der Waals surface area contributed by atoms with E-state index in [4.69, 9.17) is 0 Å². The topological polar surface area (TPSA) is 16.2 Å². The fourth-order valence-electron chi connectivity index (χ4n) is 6.91. The predicted octanol–water partition coefficient (Wildman–Crippen LogP) is 7.61. The van der Waals surface area contributed by atoms with Gasteiger partial charge in [-0.05, 0) is 111 Å². The maximum atomic E-state index is 2.83. The van der Waals surface area contributed by atoms with Gasteiger partial charge in [0.1, 0.15) is 0 Å². The van der Waals surface area contributed by atoms with Gasteiger partial charge in [-0.3, -0.25) is 0 Å². The molecule has 0 bridgehead atoms. The molecule has 0 N–H and O–H groups in total. The molecular formula is C35H55N5S2. The lowest BCUT2D eigenvalue weighted by molar-refractivity contribution is 0.183. The van der Waals surface area contributed by atoms with Gasteiger partial charge in [-0.2, -0.15) is 0 Å².